The first-order valence-electron chi connectivity index (χ1n) is 4.66. The maximum Gasteiger partial charge on any atom is 0.319 e. The zero-order valence-electron chi connectivity index (χ0n) is 8.74. The molecule has 0 aliphatic rings. The van der Waals surface area contributed by atoms with Crippen molar-refractivity contribution in [2.24, 2.45) is 0 Å². The van der Waals surface area contributed by atoms with Gasteiger partial charge in [0.2, 0.25) is 0 Å². The van der Waals surface area contributed by atoms with Crippen molar-refractivity contribution in [2.45, 2.75) is 10.5 Å². The van der Waals surface area contributed by atoms with E-state index in [0.717, 1.165) is 10.2 Å². The second kappa shape index (κ2) is 7.18. The van der Waals surface area contributed by atoms with E-state index in [9.17, 15) is 4.79 Å². The number of nitrogens with one attached hydrogen (secondary N) is 1. The molecule has 0 fully saturated rings. The molecule has 1 heterocycles. The van der Waals surface area contributed by atoms with Crippen molar-refractivity contribution in [3.63, 3.8) is 0 Å². The van der Waals surface area contributed by atoms with Gasteiger partial charge in [0.25, 0.3) is 0 Å². The Hall–Kier alpha value is -0.210. The zero-order chi connectivity index (χ0) is 12.0. The van der Waals surface area contributed by atoms with E-state index >= 15 is 0 Å². The average Bonchev–Trinajstić information content (AvgIpc) is 2.30. The van der Waals surface area contributed by atoms with Gasteiger partial charge in [0.05, 0.1) is 12.8 Å². The van der Waals surface area contributed by atoms with E-state index in [1.807, 2.05) is 12.1 Å². The second-order valence-electron chi connectivity index (χ2n) is 3.09. The van der Waals surface area contributed by atoms with Crippen LogP contribution in [-0.4, -0.2) is 28.5 Å². The Bertz CT molecular complexity index is 345. The van der Waals surface area contributed by atoms with E-state index in [4.69, 9.17) is 0 Å². The number of aromatic nitrogens is 1. The summed E-state index contributed by atoms with van der Waals surface area (Å²) in [5.74, 6) is -0.211. The van der Waals surface area contributed by atoms with Crippen molar-refractivity contribution in [1.29, 1.82) is 0 Å². The lowest BCUT2D eigenvalue weighted by Crippen LogP contribution is -2.29. The maximum atomic E-state index is 11.1. The molecule has 0 spiro atoms. The summed E-state index contributed by atoms with van der Waals surface area (Å²) >= 11 is 5.37. The Balaban J connectivity index is 2.30. The van der Waals surface area contributed by atoms with Crippen LogP contribution in [-0.2, 0) is 16.1 Å². The Morgan fingerprint density at radius 2 is 2.44 bits per heavy atom. The van der Waals surface area contributed by atoms with Crippen LogP contribution < -0.4 is 5.32 Å². The largest absolute Gasteiger partial charge is 0.468 e. The number of carbonyl (C=O) groups excluding carboxylic acids is 1. The molecular weight excluding hydrogens is 387 g/mol. The van der Waals surface area contributed by atoms with Gasteiger partial charge < -0.3 is 10.1 Å². The quantitative estimate of drug-likeness (QED) is 0.467. The smallest absolute Gasteiger partial charge is 0.319 e. The predicted octanol–water partition coefficient (Wildman–Crippen LogP) is 1.91. The first-order chi connectivity index (χ1) is 7.63. The van der Waals surface area contributed by atoms with Crippen molar-refractivity contribution in [3.8, 4) is 0 Å². The summed E-state index contributed by atoms with van der Waals surface area (Å²) < 4.78 is 5.41. The van der Waals surface area contributed by atoms with Crippen LogP contribution in [0, 0.1) is 0 Å². The minimum Gasteiger partial charge on any atom is -0.468 e. The van der Waals surface area contributed by atoms with Crippen molar-refractivity contribution in [3.05, 3.63) is 28.5 Å². The van der Waals surface area contributed by atoms with Crippen LogP contribution in [0.1, 0.15) is 5.69 Å². The van der Waals surface area contributed by atoms with Crippen LogP contribution in [0.15, 0.2) is 22.8 Å². The van der Waals surface area contributed by atoms with Gasteiger partial charge in [0.1, 0.15) is 3.92 Å². The summed E-state index contributed by atoms with van der Waals surface area (Å²) in [4.78, 5) is 15.3. The number of methoxy groups -OCH3 is 1. The minimum absolute atomic E-state index is 0.168. The summed E-state index contributed by atoms with van der Waals surface area (Å²) in [6.07, 6.45) is 1.75. The number of pyridine rings is 1. The van der Waals surface area contributed by atoms with Crippen LogP contribution in [0.2, 0.25) is 0 Å². The van der Waals surface area contributed by atoms with Gasteiger partial charge in [-0.25, -0.2) is 0 Å². The molecule has 1 aromatic heterocycles. The lowest BCUT2D eigenvalue weighted by molar-refractivity contribution is -0.139. The normalized spacial score (nSPS) is 12.2. The monoisotopic (exact) mass is 398 g/mol. The molecule has 1 N–H and O–H groups in total. The number of halogens is 2. The van der Waals surface area contributed by atoms with E-state index < -0.39 is 0 Å². The number of nitrogens with zero attached hydrogens (tertiary/aromatic N) is 1. The minimum atomic E-state index is -0.211. The fraction of sp³-hybridized carbons (Fsp3) is 0.400. The number of ether oxygens (including phenoxy) is 1. The van der Waals surface area contributed by atoms with Crippen LogP contribution in [0.4, 0.5) is 0 Å². The zero-order valence-corrected chi connectivity index (χ0v) is 12.5. The number of esters is 1. The average molecular weight is 399 g/mol. The number of alkyl halides is 1. The molecule has 0 saturated carbocycles. The highest BCUT2D eigenvalue weighted by Gasteiger charge is 2.13. The number of carbonyl (C=O) groups is 1. The highest BCUT2D eigenvalue weighted by molar-refractivity contribution is 14.1. The standard InChI is InChI=1S/C10H12BrIN2O2/c1-16-10(15)9(12)6-13-5-8-3-2-7(11)4-14-8/h2-4,9,13H,5-6H2,1H3. The highest BCUT2D eigenvalue weighted by atomic mass is 127. The summed E-state index contributed by atoms with van der Waals surface area (Å²) in [5, 5.41) is 3.15. The first-order valence-corrected chi connectivity index (χ1v) is 6.70. The van der Waals surface area contributed by atoms with E-state index in [1.54, 1.807) is 6.20 Å². The molecule has 6 heteroatoms. The van der Waals surface area contributed by atoms with Gasteiger partial charge in [-0.15, -0.1) is 0 Å². The van der Waals surface area contributed by atoms with Crippen molar-refractivity contribution in [2.75, 3.05) is 13.7 Å². The lowest BCUT2D eigenvalue weighted by atomic mass is 10.3. The van der Waals surface area contributed by atoms with E-state index in [1.165, 1.54) is 7.11 Å². The Labute approximate surface area is 116 Å². The molecule has 0 aliphatic carbocycles. The molecule has 0 aromatic carbocycles. The van der Waals surface area contributed by atoms with Gasteiger partial charge in [-0.3, -0.25) is 9.78 Å². The van der Waals surface area contributed by atoms with Gasteiger partial charge in [0.15, 0.2) is 0 Å². The Morgan fingerprint density at radius 3 is 3.00 bits per heavy atom. The number of hydrogen-bond acceptors (Lipinski definition) is 4. The van der Waals surface area contributed by atoms with Gasteiger partial charge in [-0.1, -0.05) is 22.6 Å². The fourth-order valence-electron chi connectivity index (χ4n) is 1.05. The van der Waals surface area contributed by atoms with E-state index in [0.29, 0.717) is 13.1 Å². The molecule has 1 unspecified atom stereocenters. The van der Waals surface area contributed by atoms with Gasteiger partial charge in [-0.05, 0) is 28.1 Å². The van der Waals surface area contributed by atoms with Crippen LogP contribution in [0.5, 0.6) is 0 Å². The van der Waals surface area contributed by atoms with Gasteiger partial charge >= 0.3 is 5.97 Å². The second-order valence-corrected chi connectivity index (χ2v) is 5.51. The molecule has 16 heavy (non-hydrogen) atoms. The molecule has 1 atom stereocenters. The van der Waals surface area contributed by atoms with Crippen molar-refractivity contribution < 1.29 is 9.53 Å². The molecule has 0 radical (unpaired) electrons. The maximum absolute atomic E-state index is 11.1. The third-order valence-corrected chi connectivity index (χ3v) is 3.29. The third kappa shape index (κ3) is 4.75. The molecule has 1 rings (SSSR count). The van der Waals surface area contributed by atoms with Gasteiger partial charge in [0, 0.05) is 23.8 Å². The number of hydrogen-bond donors (Lipinski definition) is 1. The van der Waals surface area contributed by atoms with Crippen LogP contribution >= 0.6 is 38.5 Å². The van der Waals surface area contributed by atoms with Crippen molar-refractivity contribution >= 4 is 44.5 Å². The molecule has 4 nitrogen and oxygen atoms in total. The molecule has 0 amide bonds. The molecule has 0 bridgehead atoms. The SMILES string of the molecule is COC(=O)C(I)CNCc1ccc(Br)cn1. The lowest BCUT2D eigenvalue weighted by Gasteiger charge is -2.08. The molecule has 1 aromatic rings. The third-order valence-electron chi connectivity index (χ3n) is 1.88. The van der Waals surface area contributed by atoms with Crippen LogP contribution in [0.3, 0.4) is 0 Å². The number of rotatable bonds is 5. The highest BCUT2D eigenvalue weighted by Crippen LogP contribution is 2.07. The molecule has 88 valence electrons. The first kappa shape index (κ1) is 13.9. The topological polar surface area (TPSA) is 51.2 Å². The van der Waals surface area contributed by atoms with Crippen LogP contribution in [0.25, 0.3) is 0 Å². The Kier molecular flexibility index (Phi) is 6.22. The van der Waals surface area contributed by atoms with E-state index in [-0.39, 0.29) is 9.89 Å². The summed E-state index contributed by atoms with van der Waals surface area (Å²) in [7, 11) is 1.39. The molecule has 0 saturated heterocycles. The van der Waals surface area contributed by atoms with E-state index in [2.05, 4.69) is 53.6 Å². The fourth-order valence-corrected chi connectivity index (χ4v) is 1.85. The van der Waals surface area contributed by atoms with Crippen molar-refractivity contribution in [1.82, 2.24) is 10.3 Å². The summed E-state index contributed by atoms with van der Waals surface area (Å²) in [5.41, 5.74) is 0.941. The molecular formula is C10H12BrIN2O2. The molecule has 0 aliphatic heterocycles. The van der Waals surface area contributed by atoms with Gasteiger partial charge in [-0.2, -0.15) is 0 Å². The Morgan fingerprint density at radius 1 is 1.69 bits per heavy atom. The summed E-state index contributed by atoms with van der Waals surface area (Å²) in [6, 6.07) is 3.86. The summed E-state index contributed by atoms with van der Waals surface area (Å²) in [6.45, 7) is 1.22. The predicted molar refractivity (Wildman–Crippen MR) is 73.5 cm³/mol.